The minimum atomic E-state index is 0.217. The number of anilines is 3. The number of aliphatic hydroxyl groups is 1. The number of hydrogen-bond donors (Lipinski definition) is 4. The van der Waals surface area contributed by atoms with Crippen molar-refractivity contribution in [2.75, 3.05) is 36.1 Å². The van der Waals surface area contributed by atoms with Gasteiger partial charge in [0.1, 0.15) is 11.6 Å². The monoisotopic (exact) mass is 253 g/mol. The van der Waals surface area contributed by atoms with E-state index in [1.165, 1.54) is 0 Å². The van der Waals surface area contributed by atoms with E-state index in [1.807, 2.05) is 13.0 Å². The number of aliphatic hydroxyl groups excluding tert-OH is 1. The van der Waals surface area contributed by atoms with E-state index >= 15 is 0 Å². The van der Waals surface area contributed by atoms with Crippen LogP contribution in [0.3, 0.4) is 0 Å². The molecule has 0 aromatic carbocycles. The lowest BCUT2D eigenvalue weighted by molar-refractivity contribution is 0.258. The normalized spacial score (nSPS) is 12.2. The molecule has 6 nitrogen and oxygen atoms in total. The lowest BCUT2D eigenvalue weighted by atomic mass is 10.0. The van der Waals surface area contributed by atoms with Gasteiger partial charge in [0.05, 0.1) is 0 Å². The van der Waals surface area contributed by atoms with E-state index in [1.54, 1.807) is 0 Å². The topological polar surface area (TPSA) is 96.1 Å². The van der Waals surface area contributed by atoms with Crippen molar-refractivity contribution < 1.29 is 5.11 Å². The summed E-state index contributed by atoms with van der Waals surface area (Å²) in [5, 5.41) is 15.3. The van der Waals surface area contributed by atoms with Gasteiger partial charge < -0.3 is 21.5 Å². The Labute approximate surface area is 108 Å². The predicted molar refractivity (Wildman–Crippen MR) is 74.6 cm³/mol. The first kappa shape index (κ1) is 14.5. The summed E-state index contributed by atoms with van der Waals surface area (Å²) in [6.45, 7) is 5.89. The summed E-state index contributed by atoms with van der Waals surface area (Å²) >= 11 is 0. The molecule has 0 fully saturated rings. The van der Waals surface area contributed by atoms with Gasteiger partial charge in [0, 0.05) is 25.8 Å². The fraction of sp³-hybridized carbons (Fsp3) is 0.667. The Morgan fingerprint density at radius 2 is 1.94 bits per heavy atom. The average Bonchev–Trinajstić information content (AvgIpc) is 2.34. The number of hydrogen-bond acceptors (Lipinski definition) is 6. The van der Waals surface area contributed by atoms with E-state index in [0.29, 0.717) is 5.92 Å². The zero-order valence-corrected chi connectivity index (χ0v) is 11.1. The lowest BCUT2D eigenvalue weighted by Crippen LogP contribution is -2.16. The molecule has 0 aliphatic heterocycles. The second-order valence-electron chi connectivity index (χ2n) is 4.19. The molecule has 0 spiro atoms. The predicted octanol–water partition coefficient (Wildman–Crippen LogP) is 1.31. The summed E-state index contributed by atoms with van der Waals surface area (Å²) in [6.07, 6.45) is 1.82. The van der Waals surface area contributed by atoms with Crippen molar-refractivity contribution >= 4 is 17.6 Å². The van der Waals surface area contributed by atoms with Crippen molar-refractivity contribution in [2.24, 2.45) is 5.92 Å². The Morgan fingerprint density at radius 3 is 2.50 bits per heavy atom. The lowest BCUT2D eigenvalue weighted by Gasteiger charge is -2.15. The number of rotatable bonds is 8. The number of nitrogen functional groups attached to an aromatic ring is 1. The number of nitrogens with one attached hydrogen (secondary N) is 2. The summed E-state index contributed by atoms with van der Waals surface area (Å²) < 4.78 is 0. The van der Waals surface area contributed by atoms with Gasteiger partial charge in [0.15, 0.2) is 0 Å². The van der Waals surface area contributed by atoms with Crippen LogP contribution in [0.15, 0.2) is 6.07 Å². The summed E-state index contributed by atoms with van der Waals surface area (Å²) in [5.41, 5.74) is 5.65. The zero-order chi connectivity index (χ0) is 13.4. The van der Waals surface area contributed by atoms with E-state index in [-0.39, 0.29) is 12.6 Å². The fourth-order valence-electron chi connectivity index (χ4n) is 1.71. The van der Waals surface area contributed by atoms with Gasteiger partial charge in [0.2, 0.25) is 5.95 Å². The molecular formula is C12H23N5O. The van der Waals surface area contributed by atoms with Crippen LogP contribution >= 0.6 is 0 Å². The quantitative estimate of drug-likeness (QED) is 0.558. The molecule has 0 bridgehead atoms. The molecule has 18 heavy (non-hydrogen) atoms. The summed E-state index contributed by atoms with van der Waals surface area (Å²) in [4.78, 5) is 8.22. The van der Waals surface area contributed by atoms with Crippen LogP contribution in [0.2, 0.25) is 0 Å². The van der Waals surface area contributed by atoms with Gasteiger partial charge in [-0.25, -0.2) is 0 Å². The summed E-state index contributed by atoms with van der Waals surface area (Å²) in [7, 11) is 0. The maximum absolute atomic E-state index is 8.94. The molecule has 0 aliphatic carbocycles. The molecule has 1 aromatic heterocycles. The third-order valence-electron chi connectivity index (χ3n) is 2.79. The van der Waals surface area contributed by atoms with E-state index in [2.05, 4.69) is 27.5 Å². The second-order valence-corrected chi connectivity index (χ2v) is 4.19. The third-order valence-corrected chi connectivity index (χ3v) is 2.79. The standard InChI is InChI=1S/C12H23N5O/c1-3-9(5-6-18)8-15-11-7-10(14-4-2)16-12(13)17-11/h7,9,18H,3-6,8H2,1-2H3,(H4,13,14,15,16,17). The molecule has 0 radical (unpaired) electrons. The van der Waals surface area contributed by atoms with Gasteiger partial charge in [0.25, 0.3) is 0 Å². The van der Waals surface area contributed by atoms with Crippen molar-refractivity contribution in [1.82, 2.24) is 9.97 Å². The molecule has 1 atom stereocenters. The maximum atomic E-state index is 8.94. The molecule has 0 saturated carbocycles. The van der Waals surface area contributed by atoms with Gasteiger partial charge in [-0.15, -0.1) is 0 Å². The molecule has 0 aliphatic rings. The largest absolute Gasteiger partial charge is 0.396 e. The molecule has 1 heterocycles. The van der Waals surface area contributed by atoms with Crippen molar-refractivity contribution in [3.05, 3.63) is 6.07 Å². The van der Waals surface area contributed by atoms with Crippen molar-refractivity contribution in [2.45, 2.75) is 26.7 Å². The molecule has 5 N–H and O–H groups in total. The minimum Gasteiger partial charge on any atom is -0.396 e. The Balaban J connectivity index is 2.60. The highest BCUT2D eigenvalue weighted by Crippen LogP contribution is 2.14. The molecule has 102 valence electrons. The summed E-state index contributed by atoms with van der Waals surface area (Å²) in [5.74, 6) is 2.14. The average molecular weight is 253 g/mol. The first-order valence-electron chi connectivity index (χ1n) is 6.42. The fourth-order valence-corrected chi connectivity index (χ4v) is 1.71. The van der Waals surface area contributed by atoms with Crippen molar-refractivity contribution in [3.8, 4) is 0 Å². The minimum absolute atomic E-state index is 0.217. The SMILES string of the molecule is CCNc1cc(NCC(CC)CCO)nc(N)n1. The van der Waals surface area contributed by atoms with Crippen LogP contribution in [-0.2, 0) is 0 Å². The van der Waals surface area contributed by atoms with Crippen LogP contribution in [-0.4, -0.2) is 34.8 Å². The number of nitrogens with two attached hydrogens (primary N) is 1. The van der Waals surface area contributed by atoms with Crippen LogP contribution in [0.4, 0.5) is 17.6 Å². The highest BCUT2D eigenvalue weighted by molar-refractivity contribution is 5.50. The molecule has 6 heteroatoms. The van der Waals surface area contributed by atoms with Crippen LogP contribution in [0.1, 0.15) is 26.7 Å². The first-order chi connectivity index (χ1) is 8.69. The van der Waals surface area contributed by atoms with E-state index < -0.39 is 0 Å². The Hall–Kier alpha value is -1.56. The molecular weight excluding hydrogens is 230 g/mol. The summed E-state index contributed by atoms with van der Waals surface area (Å²) in [6, 6.07) is 1.84. The second kappa shape index (κ2) is 7.71. The maximum Gasteiger partial charge on any atom is 0.223 e. The Bertz CT molecular complexity index is 358. The number of nitrogens with zero attached hydrogens (tertiary/aromatic N) is 2. The highest BCUT2D eigenvalue weighted by Gasteiger charge is 2.07. The van der Waals surface area contributed by atoms with Gasteiger partial charge in [-0.3, -0.25) is 0 Å². The van der Waals surface area contributed by atoms with Crippen LogP contribution in [0, 0.1) is 5.92 Å². The van der Waals surface area contributed by atoms with E-state index in [9.17, 15) is 0 Å². The zero-order valence-electron chi connectivity index (χ0n) is 11.1. The first-order valence-corrected chi connectivity index (χ1v) is 6.42. The van der Waals surface area contributed by atoms with Gasteiger partial charge in [-0.1, -0.05) is 13.3 Å². The molecule has 0 saturated heterocycles. The Morgan fingerprint density at radius 1 is 1.28 bits per heavy atom. The van der Waals surface area contributed by atoms with Gasteiger partial charge in [-0.2, -0.15) is 9.97 Å². The highest BCUT2D eigenvalue weighted by atomic mass is 16.3. The van der Waals surface area contributed by atoms with Gasteiger partial charge >= 0.3 is 0 Å². The van der Waals surface area contributed by atoms with E-state index in [0.717, 1.165) is 37.6 Å². The number of aromatic nitrogens is 2. The third kappa shape index (κ3) is 4.75. The molecule has 1 rings (SSSR count). The molecule has 1 aromatic rings. The molecule has 0 amide bonds. The van der Waals surface area contributed by atoms with Crippen LogP contribution < -0.4 is 16.4 Å². The van der Waals surface area contributed by atoms with Gasteiger partial charge in [-0.05, 0) is 19.3 Å². The molecule has 1 unspecified atom stereocenters. The van der Waals surface area contributed by atoms with Crippen LogP contribution in [0.5, 0.6) is 0 Å². The van der Waals surface area contributed by atoms with Crippen LogP contribution in [0.25, 0.3) is 0 Å². The Kier molecular flexibility index (Phi) is 6.21. The smallest absolute Gasteiger partial charge is 0.223 e. The van der Waals surface area contributed by atoms with Crippen molar-refractivity contribution in [3.63, 3.8) is 0 Å². The van der Waals surface area contributed by atoms with Crippen molar-refractivity contribution in [1.29, 1.82) is 0 Å². The van der Waals surface area contributed by atoms with E-state index in [4.69, 9.17) is 10.8 Å².